The van der Waals surface area contributed by atoms with Gasteiger partial charge in [-0.15, -0.1) is 0 Å². The topological polar surface area (TPSA) is 44.8 Å². The summed E-state index contributed by atoms with van der Waals surface area (Å²) in [7, 11) is -0.540. The number of carbonyl (C=O) groups excluding carboxylic acids is 1. The Hall–Kier alpha value is -1.59. The summed E-state index contributed by atoms with van der Waals surface area (Å²) < 4.78 is 18.2. The molecule has 1 aliphatic rings. The molecule has 5 heteroatoms. The van der Waals surface area contributed by atoms with Gasteiger partial charge in [0.1, 0.15) is 6.10 Å². The van der Waals surface area contributed by atoms with Gasteiger partial charge in [-0.25, -0.2) is 0 Å². The summed E-state index contributed by atoms with van der Waals surface area (Å²) in [6.07, 6.45) is 4.65. The number of hydrogen-bond donors (Lipinski definition) is 0. The summed E-state index contributed by atoms with van der Waals surface area (Å²) in [6.45, 7) is 11.7. The van der Waals surface area contributed by atoms with E-state index in [9.17, 15) is 4.79 Å². The molecule has 0 aromatic heterocycles. The van der Waals surface area contributed by atoms with E-state index in [0.717, 1.165) is 30.3 Å². The van der Waals surface area contributed by atoms with Crippen LogP contribution >= 0.6 is 0 Å². The van der Waals surface area contributed by atoms with E-state index in [-0.39, 0.29) is 5.97 Å². The average Bonchev–Trinajstić information content (AvgIpc) is 2.78. The molecule has 0 N–H and O–H groups in total. The molecule has 4 nitrogen and oxygen atoms in total. The van der Waals surface area contributed by atoms with Crippen LogP contribution in [0.5, 0.6) is 0 Å². The Balaban J connectivity index is 2.41. The van der Waals surface area contributed by atoms with Crippen LogP contribution in [-0.2, 0) is 18.8 Å². The number of benzene rings is 1. The van der Waals surface area contributed by atoms with Crippen LogP contribution in [0.2, 0.25) is 0 Å². The second-order valence-electron chi connectivity index (χ2n) is 7.83. The quantitative estimate of drug-likeness (QED) is 0.389. The zero-order valence-corrected chi connectivity index (χ0v) is 16.9. The van der Waals surface area contributed by atoms with Crippen molar-refractivity contribution < 1.29 is 18.8 Å². The number of ether oxygens (including phenoxy) is 1. The van der Waals surface area contributed by atoms with Crippen LogP contribution in [-0.4, -0.2) is 24.3 Å². The maximum Gasteiger partial charge on any atom is 0.494 e. The van der Waals surface area contributed by atoms with E-state index < -0.39 is 24.4 Å². The van der Waals surface area contributed by atoms with Crippen LogP contribution in [0.4, 0.5) is 0 Å². The molecule has 1 fully saturated rings. The van der Waals surface area contributed by atoms with Crippen LogP contribution in [0.25, 0.3) is 0 Å². The number of rotatable bonds is 7. The highest BCUT2D eigenvalue weighted by Crippen LogP contribution is 2.42. The van der Waals surface area contributed by atoms with Gasteiger partial charge < -0.3 is 14.0 Å². The normalized spacial score (nSPS) is 20.1. The molecule has 0 aliphatic carbocycles. The Labute approximate surface area is 158 Å². The summed E-state index contributed by atoms with van der Waals surface area (Å²) in [5.41, 5.74) is 0.886. The van der Waals surface area contributed by atoms with E-state index in [0.29, 0.717) is 0 Å². The van der Waals surface area contributed by atoms with Gasteiger partial charge in [-0.2, -0.15) is 0 Å². The average molecular weight is 358 g/mol. The molecule has 0 spiro atoms. The molecule has 0 radical (unpaired) electrons. The minimum absolute atomic E-state index is 0.322. The Morgan fingerprint density at radius 1 is 1.15 bits per heavy atom. The number of carbonyl (C=O) groups is 1. The highest BCUT2D eigenvalue weighted by molar-refractivity contribution is 6.55. The Kier molecular flexibility index (Phi) is 6.70. The van der Waals surface area contributed by atoms with Crippen LogP contribution in [0.1, 0.15) is 72.5 Å². The highest BCUT2D eigenvalue weighted by atomic mass is 16.7. The lowest BCUT2D eigenvalue weighted by Gasteiger charge is -2.32. The van der Waals surface area contributed by atoms with E-state index in [2.05, 4.69) is 13.0 Å². The number of allylic oxidation sites excluding steroid dienone is 1. The number of unbranched alkanes of at least 4 members (excludes halogenated alkanes) is 2. The van der Waals surface area contributed by atoms with Crippen LogP contribution in [0, 0.1) is 0 Å². The van der Waals surface area contributed by atoms with E-state index in [1.54, 1.807) is 0 Å². The maximum atomic E-state index is 11.8. The van der Waals surface area contributed by atoms with Gasteiger partial charge in [-0.1, -0.05) is 56.2 Å². The van der Waals surface area contributed by atoms with Crippen molar-refractivity contribution in [1.82, 2.24) is 0 Å². The summed E-state index contributed by atoms with van der Waals surface area (Å²) in [6, 6.07) is 9.77. The fraction of sp³-hybridized carbons (Fsp3) is 0.571. The van der Waals surface area contributed by atoms with Crippen molar-refractivity contribution in [3.05, 3.63) is 47.4 Å². The van der Waals surface area contributed by atoms with E-state index in [1.807, 2.05) is 58.0 Å². The van der Waals surface area contributed by atoms with Crippen molar-refractivity contribution in [1.29, 1.82) is 0 Å². The van der Waals surface area contributed by atoms with Crippen molar-refractivity contribution in [3.63, 3.8) is 0 Å². The first-order chi connectivity index (χ1) is 12.2. The number of esters is 1. The Morgan fingerprint density at radius 2 is 1.73 bits per heavy atom. The molecule has 1 saturated heterocycles. The predicted octanol–water partition coefficient (Wildman–Crippen LogP) is 5.04. The van der Waals surface area contributed by atoms with E-state index >= 15 is 0 Å². The Morgan fingerprint density at radius 3 is 2.23 bits per heavy atom. The SMILES string of the molecule is CCCC/C=C(\B1OC(C)(C)C(C)(C)O1)C(OC(C)=O)c1ccccc1. The molecule has 1 aromatic rings. The van der Waals surface area contributed by atoms with Crippen molar-refractivity contribution in [2.75, 3.05) is 0 Å². The molecule has 0 amide bonds. The molecule has 1 unspecified atom stereocenters. The summed E-state index contributed by atoms with van der Waals surface area (Å²) in [5.74, 6) is -0.322. The van der Waals surface area contributed by atoms with E-state index in [4.69, 9.17) is 14.0 Å². The monoisotopic (exact) mass is 358 g/mol. The summed E-state index contributed by atoms with van der Waals surface area (Å²) in [4.78, 5) is 11.8. The van der Waals surface area contributed by atoms with Gasteiger partial charge in [0.05, 0.1) is 11.2 Å². The zero-order chi connectivity index (χ0) is 19.4. The maximum absolute atomic E-state index is 11.8. The molecule has 1 aliphatic heterocycles. The zero-order valence-electron chi connectivity index (χ0n) is 16.9. The Bertz CT molecular complexity index is 621. The molecule has 2 rings (SSSR count). The number of hydrogen-bond acceptors (Lipinski definition) is 4. The van der Waals surface area contributed by atoms with Crippen LogP contribution < -0.4 is 0 Å². The van der Waals surface area contributed by atoms with Crippen molar-refractivity contribution >= 4 is 13.1 Å². The molecular weight excluding hydrogens is 327 g/mol. The van der Waals surface area contributed by atoms with Gasteiger partial charge in [0, 0.05) is 12.4 Å². The lowest BCUT2D eigenvalue weighted by Crippen LogP contribution is -2.41. The minimum atomic E-state index is -0.540. The molecule has 142 valence electrons. The van der Waals surface area contributed by atoms with Crippen LogP contribution in [0.15, 0.2) is 41.9 Å². The summed E-state index contributed by atoms with van der Waals surface area (Å²) >= 11 is 0. The molecule has 0 saturated carbocycles. The largest absolute Gasteiger partial charge is 0.494 e. The lowest BCUT2D eigenvalue weighted by molar-refractivity contribution is -0.144. The first-order valence-corrected chi connectivity index (χ1v) is 9.45. The minimum Gasteiger partial charge on any atom is -0.454 e. The third-order valence-corrected chi connectivity index (χ3v) is 5.15. The van der Waals surface area contributed by atoms with Crippen molar-refractivity contribution in [2.24, 2.45) is 0 Å². The van der Waals surface area contributed by atoms with Gasteiger partial charge in [0.15, 0.2) is 0 Å². The molecule has 1 heterocycles. The first kappa shape index (κ1) is 20.7. The highest BCUT2D eigenvalue weighted by Gasteiger charge is 2.53. The molecular formula is C21H31BO4. The standard InChI is InChI=1S/C21H31BO4/c1-7-8-10-15-18(22-25-20(3,4)21(5,6)26-22)19(24-16(2)23)17-13-11-9-12-14-17/h9,11-15,19H,7-8,10H2,1-6H3/b18-15-. The second kappa shape index (κ2) is 8.40. The van der Waals surface area contributed by atoms with Crippen molar-refractivity contribution in [2.45, 2.75) is 78.1 Å². The van der Waals surface area contributed by atoms with E-state index in [1.165, 1.54) is 6.92 Å². The molecule has 26 heavy (non-hydrogen) atoms. The molecule has 1 atom stereocenters. The van der Waals surface area contributed by atoms with Crippen molar-refractivity contribution in [3.8, 4) is 0 Å². The fourth-order valence-electron chi connectivity index (χ4n) is 2.90. The third kappa shape index (κ3) is 4.77. The lowest BCUT2D eigenvalue weighted by atomic mass is 9.72. The fourth-order valence-corrected chi connectivity index (χ4v) is 2.90. The van der Waals surface area contributed by atoms with Gasteiger partial charge in [-0.05, 0) is 39.7 Å². The smallest absolute Gasteiger partial charge is 0.454 e. The molecule has 1 aromatic carbocycles. The van der Waals surface area contributed by atoms with Crippen LogP contribution in [0.3, 0.4) is 0 Å². The molecule has 0 bridgehead atoms. The third-order valence-electron chi connectivity index (χ3n) is 5.15. The van der Waals surface area contributed by atoms with Gasteiger partial charge in [0.2, 0.25) is 0 Å². The predicted molar refractivity (Wildman–Crippen MR) is 105 cm³/mol. The summed E-state index contributed by atoms with van der Waals surface area (Å²) in [5, 5.41) is 0. The van der Waals surface area contributed by atoms with Gasteiger partial charge >= 0.3 is 13.1 Å². The van der Waals surface area contributed by atoms with Gasteiger partial charge in [-0.3, -0.25) is 4.79 Å². The second-order valence-corrected chi connectivity index (χ2v) is 7.83. The first-order valence-electron chi connectivity index (χ1n) is 9.45. The van der Waals surface area contributed by atoms with Gasteiger partial charge in [0.25, 0.3) is 0 Å².